The lowest BCUT2D eigenvalue weighted by molar-refractivity contribution is 0.215. The summed E-state index contributed by atoms with van der Waals surface area (Å²) in [4.78, 5) is 17.6. The number of hydrogen-bond acceptors (Lipinski definition) is 10. The summed E-state index contributed by atoms with van der Waals surface area (Å²) < 4.78 is 22.4. The van der Waals surface area contributed by atoms with Crippen molar-refractivity contribution in [1.82, 2.24) is 19.9 Å². The van der Waals surface area contributed by atoms with Gasteiger partial charge in [0.25, 0.3) is 0 Å². The molecule has 0 unspecified atom stereocenters. The zero-order valence-electron chi connectivity index (χ0n) is 20.4. The van der Waals surface area contributed by atoms with E-state index in [0.29, 0.717) is 34.6 Å². The fourth-order valence-electron chi connectivity index (χ4n) is 3.92. The molecule has 0 bridgehead atoms. The second-order valence-electron chi connectivity index (χ2n) is 8.30. The molecule has 0 saturated heterocycles. The minimum atomic E-state index is -0.356. The molecule has 37 heavy (non-hydrogen) atoms. The largest absolute Gasteiger partial charge is 0.493 e. The van der Waals surface area contributed by atoms with Crippen molar-refractivity contribution < 1.29 is 18.9 Å². The number of nitrogen functional groups attached to an aromatic ring is 1. The van der Waals surface area contributed by atoms with Crippen LogP contribution in [-0.2, 0) is 0 Å². The predicted octanol–water partition coefficient (Wildman–Crippen LogP) is 3.62. The molecule has 0 radical (unpaired) electrons. The van der Waals surface area contributed by atoms with Crippen LogP contribution in [0.5, 0.6) is 23.1 Å². The van der Waals surface area contributed by atoms with Crippen molar-refractivity contribution in [2.75, 3.05) is 33.2 Å². The van der Waals surface area contributed by atoms with E-state index < -0.39 is 0 Å². The van der Waals surface area contributed by atoms with Crippen molar-refractivity contribution in [3.63, 3.8) is 0 Å². The van der Waals surface area contributed by atoms with E-state index in [1.54, 1.807) is 45.1 Å². The smallest absolute Gasteiger partial charge is 0.213 e. The average molecular weight is 499 g/mol. The lowest BCUT2D eigenvalue weighted by atomic mass is 10.0. The van der Waals surface area contributed by atoms with Gasteiger partial charge in [-0.1, -0.05) is 6.07 Å². The van der Waals surface area contributed by atoms with Gasteiger partial charge in [0.15, 0.2) is 11.5 Å². The highest BCUT2D eigenvalue weighted by molar-refractivity contribution is 6.10. The van der Waals surface area contributed by atoms with Gasteiger partial charge in [0.05, 0.1) is 37.7 Å². The summed E-state index contributed by atoms with van der Waals surface area (Å²) in [5.74, 6) is 2.62. The number of pyridine rings is 4. The molecule has 0 aliphatic rings. The topological polar surface area (TPSA) is 141 Å². The van der Waals surface area contributed by atoms with E-state index in [2.05, 4.69) is 19.9 Å². The average Bonchev–Trinajstić information content (AvgIpc) is 2.94. The third kappa shape index (κ3) is 5.14. The van der Waals surface area contributed by atoms with Crippen LogP contribution in [0.4, 0.5) is 5.82 Å². The van der Waals surface area contributed by atoms with Gasteiger partial charge in [-0.2, -0.15) is 0 Å². The molecule has 0 aliphatic carbocycles. The van der Waals surface area contributed by atoms with E-state index in [9.17, 15) is 0 Å². The first-order valence-electron chi connectivity index (χ1n) is 11.5. The summed E-state index contributed by atoms with van der Waals surface area (Å²) >= 11 is 0. The Bertz CT molecular complexity index is 1550. The highest BCUT2D eigenvalue weighted by Crippen LogP contribution is 2.37. The van der Waals surface area contributed by atoms with Crippen LogP contribution in [0.15, 0.2) is 67.3 Å². The van der Waals surface area contributed by atoms with E-state index in [4.69, 9.17) is 30.4 Å². The second-order valence-corrected chi connectivity index (χ2v) is 8.30. The van der Waals surface area contributed by atoms with Crippen molar-refractivity contribution in [3.05, 3.63) is 67.3 Å². The zero-order valence-corrected chi connectivity index (χ0v) is 20.4. The monoisotopic (exact) mass is 498 g/mol. The lowest BCUT2D eigenvalue weighted by Crippen LogP contribution is -2.34. The number of hydrogen-bond donors (Lipinski definition) is 2. The van der Waals surface area contributed by atoms with E-state index in [1.165, 1.54) is 0 Å². The molecule has 1 atom stereocenters. The Kier molecular flexibility index (Phi) is 6.82. The maximum atomic E-state index is 6.34. The van der Waals surface area contributed by atoms with Crippen LogP contribution in [0.1, 0.15) is 0 Å². The van der Waals surface area contributed by atoms with Crippen molar-refractivity contribution in [1.29, 1.82) is 0 Å². The number of aromatic nitrogens is 4. The van der Waals surface area contributed by atoms with Crippen molar-refractivity contribution >= 4 is 27.5 Å². The van der Waals surface area contributed by atoms with Gasteiger partial charge >= 0.3 is 0 Å². The number of benzene rings is 1. The zero-order chi connectivity index (χ0) is 25.8. The molecular formula is C27H26N6O4. The van der Waals surface area contributed by atoms with Gasteiger partial charge in [-0.15, -0.1) is 0 Å². The summed E-state index contributed by atoms with van der Waals surface area (Å²) in [6.45, 7) is 0.505. The highest BCUT2D eigenvalue weighted by atomic mass is 16.5. The summed E-state index contributed by atoms with van der Waals surface area (Å²) in [6, 6.07) is 12.6. The van der Waals surface area contributed by atoms with Gasteiger partial charge in [0.1, 0.15) is 24.8 Å². The van der Waals surface area contributed by atoms with Crippen LogP contribution >= 0.6 is 0 Å². The minimum Gasteiger partial charge on any atom is -0.493 e. The summed E-state index contributed by atoms with van der Waals surface area (Å²) in [6.07, 6.45) is 6.70. The van der Waals surface area contributed by atoms with E-state index >= 15 is 0 Å². The lowest BCUT2D eigenvalue weighted by Gasteiger charge is -2.14. The molecule has 10 nitrogen and oxygen atoms in total. The molecule has 5 aromatic rings. The Hall–Kier alpha value is -4.70. The Morgan fingerprint density at radius 1 is 0.838 bits per heavy atom. The molecule has 0 aliphatic heterocycles. The van der Waals surface area contributed by atoms with Gasteiger partial charge in [-0.3, -0.25) is 9.97 Å². The molecule has 0 saturated carbocycles. The molecular weight excluding hydrogens is 472 g/mol. The van der Waals surface area contributed by atoms with Crippen LogP contribution < -0.4 is 30.4 Å². The maximum Gasteiger partial charge on any atom is 0.213 e. The molecule has 5 rings (SSSR count). The van der Waals surface area contributed by atoms with Crippen LogP contribution in [0.25, 0.3) is 32.9 Å². The molecule has 4 N–H and O–H groups in total. The number of methoxy groups -OCH3 is 2. The van der Waals surface area contributed by atoms with Crippen molar-refractivity contribution in [2.45, 2.75) is 6.04 Å². The molecule has 188 valence electrons. The van der Waals surface area contributed by atoms with Gasteiger partial charge in [-0.05, 0) is 29.7 Å². The number of anilines is 1. The molecule has 4 heterocycles. The normalized spacial score (nSPS) is 11.9. The first kappa shape index (κ1) is 24.0. The first-order chi connectivity index (χ1) is 18.1. The maximum absolute atomic E-state index is 6.34. The Labute approximate surface area is 213 Å². The van der Waals surface area contributed by atoms with E-state index in [1.807, 2.05) is 36.4 Å². The fraction of sp³-hybridized carbons (Fsp3) is 0.185. The highest BCUT2D eigenvalue weighted by Gasteiger charge is 2.14. The number of nitrogens with zero attached hydrogens (tertiary/aromatic N) is 4. The van der Waals surface area contributed by atoms with Crippen LogP contribution in [0.2, 0.25) is 0 Å². The van der Waals surface area contributed by atoms with Crippen LogP contribution in [-0.4, -0.2) is 53.4 Å². The van der Waals surface area contributed by atoms with Crippen LogP contribution in [0, 0.1) is 0 Å². The number of rotatable bonds is 9. The third-order valence-corrected chi connectivity index (χ3v) is 5.77. The van der Waals surface area contributed by atoms with Crippen LogP contribution in [0.3, 0.4) is 0 Å². The summed E-state index contributed by atoms with van der Waals surface area (Å²) in [5, 5.41) is 2.49. The number of fused-ring (bicyclic) bond motifs is 3. The third-order valence-electron chi connectivity index (χ3n) is 5.77. The summed E-state index contributed by atoms with van der Waals surface area (Å²) in [5.41, 5.74) is 14.6. The quantitative estimate of drug-likeness (QED) is 0.289. The molecule has 1 aromatic carbocycles. The van der Waals surface area contributed by atoms with E-state index in [-0.39, 0.29) is 19.3 Å². The van der Waals surface area contributed by atoms with Crippen molar-refractivity contribution in [3.8, 4) is 34.4 Å². The van der Waals surface area contributed by atoms with Gasteiger partial charge in [-0.25, -0.2) is 9.97 Å². The molecule has 0 spiro atoms. The SMILES string of the molecule is COc1cc2ncc3c(N)nc(-c4cncc(OC[C@@H](N)COc5ccccn5)c4)cc3c2cc1OC. The van der Waals surface area contributed by atoms with E-state index in [0.717, 1.165) is 27.2 Å². The standard InChI is InChI=1S/C27H26N6O4/c1-34-24-9-20-19-8-22(33-27(29)21(19)13-32-23(20)10-25(24)35-2)16-7-18(12-30-11-16)36-14-17(28)15-37-26-5-3-4-6-31-26/h3-13,17H,14-15,28H2,1-2H3,(H2,29,33)/t17-/m1/s1. The molecule has 4 aromatic heterocycles. The predicted molar refractivity (Wildman–Crippen MR) is 141 cm³/mol. The number of nitrogens with two attached hydrogens (primary N) is 2. The molecule has 0 amide bonds. The van der Waals surface area contributed by atoms with Gasteiger partial charge in [0.2, 0.25) is 5.88 Å². The Balaban J connectivity index is 1.40. The summed E-state index contributed by atoms with van der Waals surface area (Å²) in [7, 11) is 3.19. The fourth-order valence-corrected chi connectivity index (χ4v) is 3.92. The molecule has 10 heteroatoms. The van der Waals surface area contributed by atoms with Crippen molar-refractivity contribution in [2.24, 2.45) is 5.73 Å². The Morgan fingerprint density at radius 2 is 1.65 bits per heavy atom. The molecule has 0 fully saturated rings. The minimum absolute atomic E-state index is 0.239. The number of ether oxygens (including phenoxy) is 4. The van der Waals surface area contributed by atoms with Gasteiger partial charge in [0, 0.05) is 47.1 Å². The van der Waals surface area contributed by atoms with Gasteiger partial charge < -0.3 is 30.4 Å². The Morgan fingerprint density at radius 3 is 2.43 bits per heavy atom. The first-order valence-corrected chi connectivity index (χ1v) is 11.5. The second kappa shape index (κ2) is 10.5.